The first kappa shape index (κ1) is 22.0. The van der Waals surface area contributed by atoms with E-state index in [9.17, 15) is 9.59 Å². The molecule has 31 heavy (non-hydrogen) atoms. The van der Waals surface area contributed by atoms with Crippen LogP contribution >= 0.6 is 0 Å². The van der Waals surface area contributed by atoms with Gasteiger partial charge in [0.05, 0.1) is 38.1 Å². The largest absolute Gasteiger partial charge is 0.497 e. The molecule has 1 aliphatic heterocycles. The summed E-state index contributed by atoms with van der Waals surface area (Å²) in [6.07, 6.45) is 0. The molecule has 8 nitrogen and oxygen atoms in total. The van der Waals surface area contributed by atoms with Gasteiger partial charge in [-0.05, 0) is 48.9 Å². The molecular weight excluding hydrogens is 400 g/mol. The lowest BCUT2D eigenvalue weighted by Crippen LogP contribution is -2.48. The van der Waals surface area contributed by atoms with Crippen molar-refractivity contribution in [2.45, 2.75) is 13.0 Å². The number of ether oxygens (including phenoxy) is 4. The number of hydrogen-bond donors (Lipinski definition) is 1. The van der Waals surface area contributed by atoms with Crippen LogP contribution in [0.3, 0.4) is 0 Å². The number of hydrogen-bond acceptors (Lipinski definition) is 6. The number of esters is 1. The molecule has 0 fully saturated rings. The van der Waals surface area contributed by atoms with E-state index in [-0.39, 0.29) is 19.2 Å². The number of urea groups is 1. The minimum absolute atomic E-state index is 0.0110. The maximum Gasteiger partial charge on any atom is 0.338 e. The number of amides is 2. The normalized spacial score (nSPS) is 15.9. The van der Waals surface area contributed by atoms with Gasteiger partial charge in [0.2, 0.25) is 0 Å². The van der Waals surface area contributed by atoms with Gasteiger partial charge in [0.15, 0.2) is 0 Å². The summed E-state index contributed by atoms with van der Waals surface area (Å²) in [4.78, 5) is 26.9. The molecule has 164 valence electrons. The first-order valence-corrected chi connectivity index (χ1v) is 9.83. The molecule has 1 atom stereocenters. The molecule has 0 bridgehead atoms. The smallest absolute Gasteiger partial charge is 0.338 e. The first-order valence-electron chi connectivity index (χ1n) is 9.83. The highest BCUT2D eigenvalue weighted by Crippen LogP contribution is 2.32. The van der Waals surface area contributed by atoms with Crippen LogP contribution in [0.15, 0.2) is 59.8 Å². The summed E-state index contributed by atoms with van der Waals surface area (Å²) in [5, 5.41) is 2.87. The Balaban J connectivity index is 1.98. The van der Waals surface area contributed by atoms with E-state index in [1.807, 2.05) is 0 Å². The Morgan fingerprint density at radius 1 is 0.968 bits per heavy atom. The molecule has 1 N–H and O–H groups in total. The standard InChI is InChI=1S/C23H26N2O6/c1-5-30-22(26)20-19(14-31-18-12-10-17(29-4)11-13-18)25(2)23(27)24-21(20)15-6-8-16(28-3)9-7-15/h6-13,21H,5,14H2,1-4H3,(H,24,27)/t21-/m1/s1. The predicted octanol–water partition coefficient (Wildman–Crippen LogP) is 3.30. The minimum atomic E-state index is -0.678. The van der Waals surface area contributed by atoms with E-state index in [1.54, 1.807) is 76.7 Å². The molecular formula is C23H26N2O6. The van der Waals surface area contributed by atoms with E-state index in [0.717, 1.165) is 5.56 Å². The zero-order chi connectivity index (χ0) is 22.4. The maximum atomic E-state index is 12.9. The molecule has 0 aliphatic carbocycles. The van der Waals surface area contributed by atoms with Gasteiger partial charge in [-0.2, -0.15) is 0 Å². The molecule has 1 heterocycles. The number of methoxy groups -OCH3 is 2. The van der Waals surface area contributed by atoms with Crippen molar-refractivity contribution in [2.75, 3.05) is 34.5 Å². The second kappa shape index (κ2) is 9.88. The van der Waals surface area contributed by atoms with Crippen molar-refractivity contribution in [1.82, 2.24) is 10.2 Å². The fourth-order valence-corrected chi connectivity index (χ4v) is 3.25. The van der Waals surface area contributed by atoms with Crippen LogP contribution < -0.4 is 19.5 Å². The molecule has 2 amide bonds. The average molecular weight is 426 g/mol. The second-order valence-electron chi connectivity index (χ2n) is 6.76. The summed E-state index contributed by atoms with van der Waals surface area (Å²) in [5.41, 5.74) is 1.48. The number of benzene rings is 2. The second-order valence-corrected chi connectivity index (χ2v) is 6.76. The van der Waals surface area contributed by atoms with Gasteiger partial charge in [-0.1, -0.05) is 12.1 Å². The van der Waals surface area contributed by atoms with Crippen molar-refractivity contribution in [2.24, 2.45) is 0 Å². The first-order chi connectivity index (χ1) is 15.0. The van der Waals surface area contributed by atoms with Gasteiger partial charge >= 0.3 is 12.0 Å². The van der Waals surface area contributed by atoms with E-state index < -0.39 is 12.0 Å². The van der Waals surface area contributed by atoms with Gasteiger partial charge in [-0.3, -0.25) is 4.90 Å². The quantitative estimate of drug-likeness (QED) is 0.652. The van der Waals surface area contributed by atoms with Crippen LogP contribution in [0.2, 0.25) is 0 Å². The van der Waals surface area contributed by atoms with Gasteiger partial charge in [-0.15, -0.1) is 0 Å². The van der Waals surface area contributed by atoms with Crippen LogP contribution in [-0.2, 0) is 9.53 Å². The van der Waals surface area contributed by atoms with Crippen LogP contribution in [0.1, 0.15) is 18.5 Å². The number of nitrogens with one attached hydrogen (secondary N) is 1. The van der Waals surface area contributed by atoms with Crippen LogP contribution in [-0.4, -0.2) is 51.4 Å². The van der Waals surface area contributed by atoms with Crippen molar-refractivity contribution in [3.63, 3.8) is 0 Å². The zero-order valence-corrected chi connectivity index (χ0v) is 18.0. The Kier molecular flexibility index (Phi) is 7.02. The van der Waals surface area contributed by atoms with E-state index in [1.165, 1.54) is 4.90 Å². The summed E-state index contributed by atoms with van der Waals surface area (Å²) < 4.78 is 21.5. The van der Waals surface area contributed by atoms with Gasteiger partial charge in [0, 0.05) is 7.05 Å². The van der Waals surface area contributed by atoms with Gasteiger partial charge in [0.25, 0.3) is 0 Å². The number of rotatable bonds is 8. The molecule has 0 unspecified atom stereocenters. The lowest BCUT2D eigenvalue weighted by atomic mass is 9.94. The topological polar surface area (TPSA) is 86.3 Å². The van der Waals surface area contributed by atoms with Crippen LogP contribution in [0.5, 0.6) is 17.2 Å². The van der Waals surface area contributed by atoms with Crippen molar-refractivity contribution >= 4 is 12.0 Å². The molecule has 1 aliphatic rings. The highest BCUT2D eigenvalue weighted by atomic mass is 16.5. The third-order valence-corrected chi connectivity index (χ3v) is 4.96. The van der Waals surface area contributed by atoms with Crippen LogP contribution in [0.25, 0.3) is 0 Å². The maximum absolute atomic E-state index is 12.9. The van der Waals surface area contributed by atoms with E-state index in [2.05, 4.69) is 5.32 Å². The molecule has 0 saturated carbocycles. The van der Waals surface area contributed by atoms with Gasteiger partial charge in [-0.25, -0.2) is 9.59 Å². The summed E-state index contributed by atoms with van der Waals surface area (Å²) >= 11 is 0. The monoisotopic (exact) mass is 426 g/mol. The van der Waals surface area contributed by atoms with Crippen LogP contribution in [0.4, 0.5) is 4.79 Å². The summed E-state index contributed by atoms with van der Waals surface area (Å²) in [7, 11) is 4.75. The lowest BCUT2D eigenvalue weighted by Gasteiger charge is -2.34. The van der Waals surface area contributed by atoms with Gasteiger partial charge in [0.1, 0.15) is 23.9 Å². The SMILES string of the molecule is CCOC(=O)C1=C(COc2ccc(OC)cc2)N(C)C(=O)N[C@@H]1c1ccc(OC)cc1. The summed E-state index contributed by atoms with van der Waals surface area (Å²) in [5.74, 6) is 1.45. The Morgan fingerprint density at radius 3 is 2.06 bits per heavy atom. The Morgan fingerprint density at radius 2 is 1.52 bits per heavy atom. The molecule has 2 aromatic rings. The van der Waals surface area contributed by atoms with Crippen molar-refractivity contribution in [3.05, 3.63) is 65.4 Å². The highest BCUT2D eigenvalue weighted by Gasteiger charge is 2.37. The lowest BCUT2D eigenvalue weighted by molar-refractivity contribution is -0.139. The number of nitrogens with zero attached hydrogens (tertiary/aromatic N) is 1. The summed E-state index contributed by atoms with van der Waals surface area (Å²) in [6.45, 7) is 1.96. The van der Waals surface area contributed by atoms with E-state index in [0.29, 0.717) is 28.5 Å². The van der Waals surface area contributed by atoms with Crippen LogP contribution in [0, 0.1) is 0 Å². The fourth-order valence-electron chi connectivity index (χ4n) is 3.25. The molecule has 0 radical (unpaired) electrons. The Hall–Kier alpha value is -3.68. The van der Waals surface area contributed by atoms with E-state index in [4.69, 9.17) is 18.9 Å². The third-order valence-electron chi connectivity index (χ3n) is 4.96. The zero-order valence-electron chi connectivity index (χ0n) is 18.0. The predicted molar refractivity (Wildman–Crippen MR) is 114 cm³/mol. The molecule has 0 aromatic heterocycles. The van der Waals surface area contributed by atoms with Crippen molar-refractivity contribution in [1.29, 1.82) is 0 Å². The summed E-state index contributed by atoms with van der Waals surface area (Å²) in [6, 6.07) is 13.2. The molecule has 0 saturated heterocycles. The van der Waals surface area contributed by atoms with Gasteiger partial charge < -0.3 is 24.3 Å². The number of carbonyl (C=O) groups is 2. The average Bonchev–Trinajstić information content (AvgIpc) is 2.80. The highest BCUT2D eigenvalue weighted by molar-refractivity contribution is 5.95. The van der Waals surface area contributed by atoms with Crippen molar-refractivity contribution in [3.8, 4) is 17.2 Å². The minimum Gasteiger partial charge on any atom is -0.497 e. The van der Waals surface area contributed by atoms with Crippen molar-refractivity contribution < 1.29 is 28.5 Å². The molecule has 3 rings (SSSR count). The Labute approximate surface area is 181 Å². The molecule has 2 aromatic carbocycles. The molecule has 0 spiro atoms. The molecule has 8 heteroatoms. The Bertz CT molecular complexity index is 953. The third kappa shape index (κ3) is 4.91. The van der Waals surface area contributed by atoms with E-state index >= 15 is 0 Å². The fraction of sp³-hybridized carbons (Fsp3) is 0.304. The number of carbonyl (C=O) groups excluding carboxylic acids is 2. The number of likely N-dealkylation sites (N-methyl/N-ethyl adjacent to an activating group) is 1.